The first kappa shape index (κ1) is 44.7. The van der Waals surface area contributed by atoms with E-state index in [1.807, 2.05) is 12.3 Å². The van der Waals surface area contributed by atoms with Crippen LogP contribution in [0.15, 0.2) is 97.6 Å². The molecule has 0 radical (unpaired) electrons. The van der Waals surface area contributed by atoms with Crippen molar-refractivity contribution in [2.24, 2.45) is 17.8 Å². The van der Waals surface area contributed by atoms with Crippen molar-refractivity contribution in [2.75, 3.05) is 52.4 Å². The molecule has 5 aliphatic rings. The highest BCUT2D eigenvalue weighted by molar-refractivity contribution is 5.87. The van der Waals surface area contributed by atoms with Crippen molar-refractivity contribution in [3.63, 3.8) is 0 Å². The van der Waals surface area contributed by atoms with Crippen molar-refractivity contribution in [3.8, 4) is 6.07 Å². The van der Waals surface area contributed by atoms with Crippen LogP contribution in [-0.2, 0) is 6.54 Å². The second-order valence-electron chi connectivity index (χ2n) is 21.2. The van der Waals surface area contributed by atoms with Crippen LogP contribution in [0.4, 0.5) is 0 Å². The van der Waals surface area contributed by atoms with Gasteiger partial charge in [0.2, 0.25) is 0 Å². The Morgan fingerprint density at radius 1 is 0.687 bits per heavy atom. The van der Waals surface area contributed by atoms with E-state index < -0.39 is 0 Å². The summed E-state index contributed by atoms with van der Waals surface area (Å²) in [4.78, 5) is 4.61. The number of fused-ring (bicyclic) bond motifs is 4. The standard InChI is InChI=1S/C58H73N9/c1-39-29-42(49(18-27-64-46-14-23-61-24-15-46)54-37-66(36-40-12-21-60-22-13-40)56-11-8-41(34-59)30-53(54)56)9-10-48(39)52-32-45-31-44(52)33-58(45)67-38-55(51-6-2-3-7-57(51)67)50(43-5-4-20-63-35-43)19-28-65-47-16-25-62-26-17-47/h2-11,20,29-30,35,37-38,40,44-47,49-50,52,58,60-62,64-65H,12-19,21-28,31-33,36H2,1H3. The third-order valence-electron chi connectivity index (χ3n) is 17.2. The topological polar surface area (TPSA) is 107 Å². The molecule has 6 atom stereocenters. The van der Waals surface area contributed by atoms with E-state index in [4.69, 9.17) is 0 Å². The molecule has 3 aromatic carbocycles. The maximum Gasteiger partial charge on any atom is 0.0991 e. The van der Waals surface area contributed by atoms with E-state index >= 15 is 0 Å². The molecule has 2 bridgehead atoms. The van der Waals surface area contributed by atoms with Crippen LogP contribution in [0.25, 0.3) is 21.8 Å². The number of rotatable bonds is 16. The third kappa shape index (κ3) is 9.50. The molecule has 9 nitrogen and oxygen atoms in total. The Kier molecular flexibility index (Phi) is 13.6. The van der Waals surface area contributed by atoms with E-state index in [0.29, 0.717) is 47.7 Å². The average Bonchev–Trinajstić information content (AvgIpc) is 4.17. The van der Waals surface area contributed by atoms with Gasteiger partial charge in [-0.25, -0.2) is 0 Å². The zero-order valence-corrected chi connectivity index (χ0v) is 39.9. The molecule has 2 saturated carbocycles. The lowest BCUT2D eigenvalue weighted by Gasteiger charge is -2.31. The first-order valence-corrected chi connectivity index (χ1v) is 26.3. The summed E-state index contributed by atoms with van der Waals surface area (Å²) >= 11 is 0. The number of para-hydroxylation sites is 1. The molecular formula is C58H73N9. The van der Waals surface area contributed by atoms with E-state index in [0.717, 1.165) is 77.3 Å². The monoisotopic (exact) mass is 896 g/mol. The fourth-order valence-electron chi connectivity index (χ4n) is 13.7. The minimum absolute atomic E-state index is 0.240. The van der Waals surface area contributed by atoms with Crippen molar-refractivity contribution < 1.29 is 0 Å². The van der Waals surface area contributed by atoms with Gasteiger partial charge in [0.15, 0.2) is 0 Å². The molecule has 6 heterocycles. The van der Waals surface area contributed by atoms with Gasteiger partial charge in [-0.2, -0.15) is 5.26 Å². The molecule has 6 unspecified atom stereocenters. The smallest absolute Gasteiger partial charge is 0.0991 e. The fraction of sp³-hybridized carbons (Fsp3) is 0.517. The second kappa shape index (κ2) is 20.4. The van der Waals surface area contributed by atoms with E-state index in [2.05, 4.69) is 139 Å². The number of aryl methyl sites for hydroxylation is 1. The highest BCUT2D eigenvalue weighted by Crippen LogP contribution is 2.59. The summed E-state index contributed by atoms with van der Waals surface area (Å²) in [6.07, 6.45) is 22.2. The predicted octanol–water partition coefficient (Wildman–Crippen LogP) is 9.65. The number of aromatic nitrogens is 3. The van der Waals surface area contributed by atoms with Crippen LogP contribution in [-0.4, -0.2) is 78.6 Å². The summed E-state index contributed by atoms with van der Waals surface area (Å²) < 4.78 is 5.25. The van der Waals surface area contributed by atoms with Gasteiger partial charge in [-0.05, 0) is 217 Å². The highest BCUT2D eigenvalue weighted by Gasteiger charge is 2.47. The Labute approximate surface area is 398 Å². The van der Waals surface area contributed by atoms with E-state index in [1.165, 1.54) is 107 Å². The summed E-state index contributed by atoms with van der Waals surface area (Å²) in [5.41, 5.74) is 12.0. The van der Waals surface area contributed by atoms with Crippen molar-refractivity contribution in [2.45, 2.75) is 120 Å². The predicted molar refractivity (Wildman–Crippen MR) is 273 cm³/mol. The van der Waals surface area contributed by atoms with E-state index in [9.17, 15) is 5.26 Å². The molecule has 5 fully saturated rings. The zero-order chi connectivity index (χ0) is 45.1. The Hall–Kier alpha value is -4.82. The molecule has 2 aliphatic carbocycles. The molecule has 0 amide bonds. The Bertz CT molecular complexity index is 2640. The number of benzene rings is 3. The summed E-state index contributed by atoms with van der Waals surface area (Å²) in [6.45, 7) is 12.0. The van der Waals surface area contributed by atoms with E-state index in [1.54, 1.807) is 5.56 Å². The number of pyridine rings is 1. The first-order chi connectivity index (χ1) is 33.1. The minimum Gasteiger partial charge on any atom is -0.347 e. The van der Waals surface area contributed by atoms with Crippen molar-refractivity contribution in [1.29, 1.82) is 5.26 Å². The summed E-state index contributed by atoms with van der Waals surface area (Å²) in [5.74, 6) is 3.17. The van der Waals surface area contributed by atoms with Crippen LogP contribution >= 0.6 is 0 Å². The summed E-state index contributed by atoms with van der Waals surface area (Å²) in [6, 6.07) is 31.8. The Morgan fingerprint density at radius 2 is 1.39 bits per heavy atom. The van der Waals surface area contributed by atoms with Crippen LogP contribution in [0.5, 0.6) is 0 Å². The van der Waals surface area contributed by atoms with Gasteiger partial charge in [-0.1, -0.05) is 42.5 Å². The van der Waals surface area contributed by atoms with E-state index in [-0.39, 0.29) is 5.92 Å². The quantitative estimate of drug-likeness (QED) is 0.0659. The molecule has 5 N–H and O–H groups in total. The maximum absolute atomic E-state index is 10.1. The third-order valence-corrected chi connectivity index (χ3v) is 17.2. The van der Waals surface area contributed by atoms with Crippen molar-refractivity contribution in [1.82, 2.24) is 40.7 Å². The molecule has 350 valence electrons. The largest absolute Gasteiger partial charge is 0.347 e. The molecule has 6 aromatic rings. The van der Waals surface area contributed by atoms with Gasteiger partial charge in [0.1, 0.15) is 0 Å². The molecule has 11 rings (SSSR count). The number of nitrogens with zero attached hydrogens (tertiary/aromatic N) is 4. The minimum atomic E-state index is 0.240. The van der Waals surface area contributed by atoms with Crippen LogP contribution < -0.4 is 26.6 Å². The number of hydrogen-bond acceptors (Lipinski definition) is 7. The molecular weight excluding hydrogens is 823 g/mol. The number of hydrogen-bond donors (Lipinski definition) is 5. The summed E-state index contributed by atoms with van der Waals surface area (Å²) in [5, 5.41) is 31.3. The van der Waals surface area contributed by atoms with Gasteiger partial charge in [0, 0.05) is 83.1 Å². The Balaban J connectivity index is 0.854. The second-order valence-corrected chi connectivity index (χ2v) is 21.2. The van der Waals surface area contributed by atoms with Crippen molar-refractivity contribution in [3.05, 3.63) is 137 Å². The Morgan fingerprint density at radius 3 is 2.06 bits per heavy atom. The SMILES string of the molecule is Cc1cc(C(CCNC2CCNCC2)c2cn(CC3CCNCC3)c3ccc(C#N)cc23)ccc1C1CC2CC1CC2n1cc(C(CCNC2CCNCC2)c2cccnc2)c2ccccc21. The lowest BCUT2D eigenvalue weighted by Crippen LogP contribution is -2.40. The van der Waals surface area contributed by atoms with Crippen molar-refractivity contribution >= 4 is 21.8 Å². The average molecular weight is 896 g/mol. The highest BCUT2D eigenvalue weighted by atomic mass is 15.0. The van der Waals surface area contributed by atoms with Crippen LogP contribution in [0.3, 0.4) is 0 Å². The summed E-state index contributed by atoms with van der Waals surface area (Å²) in [7, 11) is 0. The maximum atomic E-state index is 10.1. The van der Waals surface area contributed by atoms with Gasteiger partial charge >= 0.3 is 0 Å². The zero-order valence-electron chi connectivity index (χ0n) is 39.9. The van der Waals surface area contributed by atoms with Crippen LogP contribution in [0, 0.1) is 36.0 Å². The lowest BCUT2D eigenvalue weighted by molar-refractivity contribution is 0.309. The van der Waals surface area contributed by atoms with Gasteiger partial charge in [-0.3, -0.25) is 4.98 Å². The lowest BCUT2D eigenvalue weighted by atomic mass is 9.78. The number of piperidine rings is 3. The first-order valence-electron chi connectivity index (χ1n) is 26.3. The fourth-order valence-corrected chi connectivity index (χ4v) is 13.7. The van der Waals surface area contributed by atoms with Gasteiger partial charge in [0.05, 0.1) is 11.6 Å². The molecule has 3 aromatic heterocycles. The number of nitrogens with one attached hydrogen (secondary N) is 5. The molecule has 3 aliphatic heterocycles. The van der Waals surface area contributed by atoms with Gasteiger partial charge in [-0.15, -0.1) is 0 Å². The molecule has 3 saturated heterocycles. The molecule has 67 heavy (non-hydrogen) atoms. The molecule has 9 heteroatoms. The van der Waals surface area contributed by atoms with Crippen LogP contribution in [0.2, 0.25) is 0 Å². The van der Waals surface area contributed by atoms with Crippen LogP contribution in [0.1, 0.15) is 133 Å². The normalized spacial score (nSPS) is 23.8. The van der Waals surface area contributed by atoms with Gasteiger partial charge in [0.25, 0.3) is 0 Å². The van der Waals surface area contributed by atoms with Gasteiger partial charge < -0.3 is 35.7 Å². The molecule has 0 spiro atoms. The number of nitriles is 1.